The summed E-state index contributed by atoms with van der Waals surface area (Å²) >= 11 is 0. The first-order valence-electron chi connectivity index (χ1n) is 7.16. The zero-order chi connectivity index (χ0) is 15.8. The maximum absolute atomic E-state index is 11.9. The van der Waals surface area contributed by atoms with E-state index in [1.165, 1.54) is 0 Å². The van der Waals surface area contributed by atoms with E-state index in [2.05, 4.69) is 16.0 Å². The van der Waals surface area contributed by atoms with Gasteiger partial charge in [-0.3, -0.25) is 9.59 Å². The van der Waals surface area contributed by atoms with Gasteiger partial charge in [-0.2, -0.15) is 0 Å². The first-order chi connectivity index (χ1) is 10.7. The molecule has 0 bridgehead atoms. The Bertz CT molecular complexity index is 641. The van der Waals surface area contributed by atoms with Crippen LogP contribution in [0.5, 0.6) is 0 Å². The molecule has 0 aliphatic heterocycles. The molecule has 5 heteroatoms. The van der Waals surface area contributed by atoms with Crippen molar-refractivity contribution < 1.29 is 9.59 Å². The molecule has 2 rings (SSSR count). The van der Waals surface area contributed by atoms with Crippen LogP contribution >= 0.6 is 0 Å². The molecule has 22 heavy (non-hydrogen) atoms. The Balaban J connectivity index is 1.88. The number of benzene rings is 2. The van der Waals surface area contributed by atoms with E-state index in [0.717, 1.165) is 5.69 Å². The van der Waals surface area contributed by atoms with E-state index in [-0.39, 0.29) is 18.4 Å². The summed E-state index contributed by atoms with van der Waals surface area (Å²) in [5.41, 5.74) is 2.20. The highest BCUT2D eigenvalue weighted by molar-refractivity contribution is 5.95. The van der Waals surface area contributed by atoms with Crippen molar-refractivity contribution in [3.8, 4) is 0 Å². The second-order valence-electron chi connectivity index (χ2n) is 4.75. The minimum absolute atomic E-state index is 0.0609. The second kappa shape index (κ2) is 7.83. The molecule has 0 saturated heterocycles. The number of carbonyl (C=O) groups is 2. The van der Waals surface area contributed by atoms with Crippen LogP contribution in [-0.4, -0.2) is 18.4 Å². The molecule has 0 unspecified atom stereocenters. The molecule has 5 nitrogen and oxygen atoms in total. The highest BCUT2D eigenvalue weighted by Gasteiger charge is 2.04. The summed E-state index contributed by atoms with van der Waals surface area (Å²) in [6, 6.07) is 16.6. The Kier molecular flexibility index (Phi) is 5.54. The smallest absolute Gasteiger partial charge is 0.243 e. The fourth-order valence-corrected chi connectivity index (χ4v) is 1.87. The van der Waals surface area contributed by atoms with Crippen molar-refractivity contribution in [1.29, 1.82) is 0 Å². The third-order valence-electron chi connectivity index (χ3n) is 2.98. The Labute approximate surface area is 129 Å². The van der Waals surface area contributed by atoms with Crippen LogP contribution in [0.2, 0.25) is 0 Å². The maximum Gasteiger partial charge on any atom is 0.243 e. The molecule has 0 radical (unpaired) electrons. The van der Waals surface area contributed by atoms with Crippen molar-refractivity contribution >= 4 is 28.9 Å². The van der Waals surface area contributed by atoms with Gasteiger partial charge in [0.15, 0.2) is 0 Å². The van der Waals surface area contributed by atoms with Crippen molar-refractivity contribution in [3.05, 3.63) is 54.6 Å². The summed E-state index contributed by atoms with van der Waals surface area (Å²) < 4.78 is 0. The summed E-state index contributed by atoms with van der Waals surface area (Å²) in [5.74, 6) is -0.211. The van der Waals surface area contributed by atoms with Crippen molar-refractivity contribution in [2.45, 2.75) is 13.3 Å². The van der Waals surface area contributed by atoms with E-state index in [9.17, 15) is 9.59 Å². The van der Waals surface area contributed by atoms with Crippen molar-refractivity contribution in [2.75, 3.05) is 22.5 Å². The summed E-state index contributed by atoms with van der Waals surface area (Å²) in [6.45, 7) is 1.96. The van der Waals surface area contributed by atoms with Crippen LogP contribution < -0.4 is 16.0 Å². The molecule has 114 valence electrons. The van der Waals surface area contributed by atoms with Crippen LogP contribution in [0.15, 0.2) is 54.6 Å². The van der Waals surface area contributed by atoms with Gasteiger partial charge >= 0.3 is 0 Å². The number of nitrogens with one attached hydrogen (secondary N) is 3. The number of carbonyl (C=O) groups excluding carboxylic acids is 2. The van der Waals surface area contributed by atoms with Gasteiger partial charge in [0.05, 0.1) is 6.54 Å². The van der Waals surface area contributed by atoms with Gasteiger partial charge in [0.2, 0.25) is 11.8 Å². The molecule has 2 amide bonds. The van der Waals surface area contributed by atoms with Crippen LogP contribution in [0.1, 0.15) is 13.3 Å². The maximum atomic E-state index is 11.9. The monoisotopic (exact) mass is 297 g/mol. The Morgan fingerprint density at radius 2 is 1.41 bits per heavy atom. The first kappa shape index (κ1) is 15.6. The SMILES string of the molecule is CCC(=O)Nc1cccc(NC(=O)CNc2ccccc2)c1. The standard InChI is InChI=1S/C17H19N3O2/c1-2-16(21)19-14-9-6-10-15(11-14)20-17(22)12-18-13-7-4-3-5-8-13/h3-11,18H,2,12H2,1H3,(H,19,21)(H,20,22). The lowest BCUT2D eigenvalue weighted by atomic mass is 10.2. The molecule has 0 aliphatic carbocycles. The minimum atomic E-state index is -0.150. The van der Waals surface area contributed by atoms with Gasteiger partial charge in [-0.15, -0.1) is 0 Å². The minimum Gasteiger partial charge on any atom is -0.376 e. The van der Waals surface area contributed by atoms with Crippen LogP contribution in [-0.2, 0) is 9.59 Å². The lowest BCUT2D eigenvalue weighted by molar-refractivity contribution is -0.116. The molecule has 0 aliphatic rings. The average molecular weight is 297 g/mol. The number of hydrogen-bond acceptors (Lipinski definition) is 3. The van der Waals surface area contributed by atoms with E-state index in [1.54, 1.807) is 31.2 Å². The predicted molar refractivity (Wildman–Crippen MR) is 88.9 cm³/mol. The van der Waals surface area contributed by atoms with Crippen LogP contribution in [0, 0.1) is 0 Å². The van der Waals surface area contributed by atoms with Crippen LogP contribution in [0.4, 0.5) is 17.1 Å². The molecule has 0 heterocycles. The van der Waals surface area contributed by atoms with Crippen LogP contribution in [0.3, 0.4) is 0 Å². The zero-order valence-corrected chi connectivity index (χ0v) is 12.4. The normalized spacial score (nSPS) is 9.86. The number of anilines is 3. The molecule has 2 aromatic rings. The summed E-state index contributed by atoms with van der Waals surface area (Å²) in [6.07, 6.45) is 0.414. The molecule has 3 N–H and O–H groups in total. The molecule has 0 fully saturated rings. The fourth-order valence-electron chi connectivity index (χ4n) is 1.87. The number of hydrogen-bond donors (Lipinski definition) is 3. The van der Waals surface area contributed by atoms with Gasteiger partial charge in [-0.05, 0) is 30.3 Å². The summed E-state index contributed by atoms with van der Waals surface area (Å²) in [5, 5.41) is 8.59. The van der Waals surface area contributed by atoms with Gasteiger partial charge in [0.25, 0.3) is 0 Å². The van der Waals surface area contributed by atoms with Gasteiger partial charge in [0, 0.05) is 23.5 Å². The van der Waals surface area contributed by atoms with E-state index < -0.39 is 0 Å². The third kappa shape index (κ3) is 4.94. The average Bonchev–Trinajstić information content (AvgIpc) is 2.54. The quantitative estimate of drug-likeness (QED) is 0.767. The highest BCUT2D eigenvalue weighted by atomic mass is 16.2. The number of para-hydroxylation sites is 1. The van der Waals surface area contributed by atoms with Crippen molar-refractivity contribution in [2.24, 2.45) is 0 Å². The highest BCUT2D eigenvalue weighted by Crippen LogP contribution is 2.15. The number of amides is 2. The molecule has 2 aromatic carbocycles. The Hall–Kier alpha value is -2.82. The van der Waals surface area contributed by atoms with E-state index in [0.29, 0.717) is 17.8 Å². The van der Waals surface area contributed by atoms with E-state index in [1.807, 2.05) is 30.3 Å². The van der Waals surface area contributed by atoms with Crippen molar-refractivity contribution in [1.82, 2.24) is 0 Å². The molecule has 0 saturated carbocycles. The molecular weight excluding hydrogens is 278 g/mol. The molecule has 0 aromatic heterocycles. The third-order valence-corrected chi connectivity index (χ3v) is 2.98. The second-order valence-corrected chi connectivity index (χ2v) is 4.75. The molecule has 0 atom stereocenters. The summed E-state index contributed by atoms with van der Waals surface area (Å²) in [4.78, 5) is 23.3. The lowest BCUT2D eigenvalue weighted by Crippen LogP contribution is -2.21. The fraction of sp³-hybridized carbons (Fsp3) is 0.176. The van der Waals surface area contributed by atoms with E-state index in [4.69, 9.17) is 0 Å². The van der Waals surface area contributed by atoms with Gasteiger partial charge in [-0.1, -0.05) is 31.2 Å². The van der Waals surface area contributed by atoms with E-state index >= 15 is 0 Å². The topological polar surface area (TPSA) is 70.2 Å². The zero-order valence-electron chi connectivity index (χ0n) is 12.4. The lowest BCUT2D eigenvalue weighted by Gasteiger charge is -2.09. The van der Waals surface area contributed by atoms with Crippen LogP contribution in [0.25, 0.3) is 0 Å². The predicted octanol–water partition coefficient (Wildman–Crippen LogP) is 3.09. The summed E-state index contributed by atoms with van der Waals surface area (Å²) in [7, 11) is 0. The molecular formula is C17H19N3O2. The number of rotatable bonds is 6. The van der Waals surface area contributed by atoms with Gasteiger partial charge < -0.3 is 16.0 Å². The molecule has 0 spiro atoms. The van der Waals surface area contributed by atoms with Gasteiger partial charge in [0.1, 0.15) is 0 Å². The first-order valence-corrected chi connectivity index (χ1v) is 7.16. The Morgan fingerprint density at radius 3 is 2.05 bits per heavy atom. The van der Waals surface area contributed by atoms with Gasteiger partial charge in [-0.25, -0.2) is 0 Å². The van der Waals surface area contributed by atoms with Crippen molar-refractivity contribution in [3.63, 3.8) is 0 Å². The Morgan fingerprint density at radius 1 is 0.818 bits per heavy atom. The largest absolute Gasteiger partial charge is 0.376 e.